The molecular weight excluding hydrogens is 456 g/mol. The standard InChI is InChI=1S/C23H20N6O4S/c1-33-22-11-10-19(34(31,32)29-13-12-16-4-2-3-5-21(16)29)14-20(22)23(30)25-17-6-8-18(9-7-17)28-15-24-26-27-28/h2-11,14-15H,12-13H2,1H3,(H,25,30). The van der Waals surface area contributed by atoms with Crippen LogP contribution >= 0.6 is 0 Å². The van der Waals surface area contributed by atoms with E-state index in [1.807, 2.05) is 18.2 Å². The molecule has 0 unspecified atom stereocenters. The summed E-state index contributed by atoms with van der Waals surface area (Å²) in [7, 11) is -2.43. The van der Waals surface area contributed by atoms with Crippen LogP contribution in [0.15, 0.2) is 78.0 Å². The average molecular weight is 477 g/mol. The highest BCUT2D eigenvalue weighted by atomic mass is 32.2. The van der Waals surface area contributed by atoms with Crippen LogP contribution in [-0.4, -0.2) is 48.2 Å². The number of nitrogens with zero attached hydrogens (tertiary/aromatic N) is 5. The van der Waals surface area contributed by atoms with Gasteiger partial charge in [0.15, 0.2) is 0 Å². The van der Waals surface area contributed by atoms with Gasteiger partial charge >= 0.3 is 0 Å². The number of nitrogens with one attached hydrogen (secondary N) is 1. The molecule has 0 fully saturated rings. The Labute approximate surface area is 195 Å². The molecule has 11 heteroatoms. The second-order valence-corrected chi connectivity index (χ2v) is 9.44. The van der Waals surface area contributed by atoms with E-state index in [1.54, 1.807) is 30.3 Å². The predicted molar refractivity (Wildman–Crippen MR) is 125 cm³/mol. The van der Waals surface area contributed by atoms with Crippen LogP contribution in [0.5, 0.6) is 5.75 Å². The number of carbonyl (C=O) groups is 1. The van der Waals surface area contributed by atoms with Crippen LogP contribution in [0.25, 0.3) is 5.69 Å². The maximum absolute atomic E-state index is 13.4. The monoisotopic (exact) mass is 476 g/mol. The van der Waals surface area contributed by atoms with Gasteiger partial charge < -0.3 is 10.1 Å². The maximum Gasteiger partial charge on any atom is 0.264 e. The molecule has 0 bridgehead atoms. The number of fused-ring (bicyclic) bond motifs is 1. The average Bonchev–Trinajstić information content (AvgIpc) is 3.55. The quantitative estimate of drug-likeness (QED) is 0.454. The fourth-order valence-electron chi connectivity index (χ4n) is 3.89. The predicted octanol–water partition coefficient (Wildman–Crippen LogP) is 2.67. The number of para-hydroxylation sites is 1. The van der Waals surface area contributed by atoms with E-state index in [0.29, 0.717) is 24.3 Å². The zero-order chi connectivity index (χ0) is 23.7. The molecule has 1 aromatic heterocycles. The summed E-state index contributed by atoms with van der Waals surface area (Å²) in [6.07, 6.45) is 2.10. The molecule has 3 aromatic carbocycles. The topological polar surface area (TPSA) is 119 Å². The molecule has 4 aromatic rings. The first-order valence-corrected chi connectivity index (χ1v) is 11.8. The van der Waals surface area contributed by atoms with Gasteiger partial charge in [0, 0.05) is 12.2 Å². The Morgan fingerprint density at radius 1 is 1.06 bits per heavy atom. The number of rotatable bonds is 6. The van der Waals surface area contributed by atoms with Crippen LogP contribution in [0.2, 0.25) is 0 Å². The van der Waals surface area contributed by atoms with Crippen molar-refractivity contribution in [3.05, 3.63) is 84.2 Å². The van der Waals surface area contributed by atoms with E-state index in [4.69, 9.17) is 4.74 Å². The smallest absolute Gasteiger partial charge is 0.264 e. The Morgan fingerprint density at radius 3 is 2.59 bits per heavy atom. The molecule has 2 heterocycles. The second kappa shape index (κ2) is 8.60. The van der Waals surface area contributed by atoms with Gasteiger partial charge in [0.25, 0.3) is 15.9 Å². The summed E-state index contributed by atoms with van der Waals surface area (Å²) in [5, 5.41) is 13.8. The van der Waals surface area contributed by atoms with Crippen LogP contribution in [0, 0.1) is 0 Å². The number of hydrogen-bond acceptors (Lipinski definition) is 7. The number of hydrogen-bond donors (Lipinski definition) is 1. The molecular formula is C23H20N6O4S. The fourth-order valence-corrected chi connectivity index (χ4v) is 5.42. The molecule has 5 rings (SSSR count). The van der Waals surface area contributed by atoms with Gasteiger partial charge in [-0.15, -0.1) is 5.10 Å². The van der Waals surface area contributed by atoms with Crippen molar-refractivity contribution < 1.29 is 17.9 Å². The van der Waals surface area contributed by atoms with Gasteiger partial charge in [0.2, 0.25) is 0 Å². The van der Waals surface area contributed by atoms with Crippen LogP contribution < -0.4 is 14.4 Å². The van der Waals surface area contributed by atoms with E-state index in [1.165, 1.54) is 40.6 Å². The Balaban J connectivity index is 1.42. The summed E-state index contributed by atoms with van der Waals surface area (Å²) in [5.41, 5.74) is 2.99. The van der Waals surface area contributed by atoms with E-state index in [9.17, 15) is 13.2 Å². The summed E-state index contributed by atoms with van der Waals surface area (Å²) < 4.78 is 35.0. The first-order chi connectivity index (χ1) is 16.5. The number of amides is 1. The first-order valence-electron chi connectivity index (χ1n) is 10.4. The zero-order valence-electron chi connectivity index (χ0n) is 18.1. The van der Waals surface area contributed by atoms with Crippen molar-refractivity contribution in [2.45, 2.75) is 11.3 Å². The van der Waals surface area contributed by atoms with Crippen molar-refractivity contribution in [2.75, 3.05) is 23.3 Å². The summed E-state index contributed by atoms with van der Waals surface area (Å²) in [5.74, 6) is -0.227. The molecule has 34 heavy (non-hydrogen) atoms. The highest BCUT2D eigenvalue weighted by molar-refractivity contribution is 7.92. The Morgan fingerprint density at radius 2 is 1.85 bits per heavy atom. The molecule has 0 saturated carbocycles. The summed E-state index contributed by atoms with van der Waals surface area (Å²) in [6.45, 7) is 0.350. The van der Waals surface area contributed by atoms with Gasteiger partial charge in [-0.25, -0.2) is 13.1 Å². The molecule has 1 amide bonds. The van der Waals surface area contributed by atoms with Gasteiger partial charge in [-0.3, -0.25) is 9.10 Å². The molecule has 0 spiro atoms. The van der Waals surface area contributed by atoms with Crippen LogP contribution in [0.3, 0.4) is 0 Å². The molecule has 1 aliphatic rings. The summed E-state index contributed by atoms with van der Waals surface area (Å²) in [4.78, 5) is 13.1. The number of anilines is 2. The van der Waals surface area contributed by atoms with Crippen molar-refractivity contribution in [2.24, 2.45) is 0 Å². The Bertz CT molecular complexity index is 1450. The van der Waals surface area contributed by atoms with E-state index in [-0.39, 0.29) is 16.2 Å². The minimum absolute atomic E-state index is 0.0178. The van der Waals surface area contributed by atoms with Crippen molar-refractivity contribution in [3.8, 4) is 11.4 Å². The number of tetrazole rings is 1. The van der Waals surface area contributed by atoms with E-state index < -0.39 is 15.9 Å². The third-order valence-electron chi connectivity index (χ3n) is 5.59. The number of ether oxygens (including phenoxy) is 1. The largest absolute Gasteiger partial charge is 0.496 e. The number of carbonyl (C=O) groups excluding carboxylic acids is 1. The molecule has 10 nitrogen and oxygen atoms in total. The second-order valence-electron chi connectivity index (χ2n) is 7.57. The molecule has 172 valence electrons. The minimum Gasteiger partial charge on any atom is -0.496 e. The Kier molecular flexibility index (Phi) is 5.46. The summed E-state index contributed by atoms with van der Waals surface area (Å²) in [6, 6.07) is 18.6. The molecule has 0 aliphatic carbocycles. The molecule has 0 saturated heterocycles. The van der Waals surface area contributed by atoms with Crippen molar-refractivity contribution in [3.63, 3.8) is 0 Å². The number of benzene rings is 3. The lowest BCUT2D eigenvalue weighted by molar-refractivity contribution is 0.102. The van der Waals surface area contributed by atoms with Crippen molar-refractivity contribution in [1.29, 1.82) is 0 Å². The minimum atomic E-state index is -3.86. The van der Waals surface area contributed by atoms with Gasteiger partial charge in [0.1, 0.15) is 12.1 Å². The normalized spacial score (nSPS) is 12.9. The van der Waals surface area contributed by atoms with Crippen LogP contribution in [-0.2, 0) is 16.4 Å². The third kappa shape index (κ3) is 3.86. The van der Waals surface area contributed by atoms with E-state index >= 15 is 0 Å². The number of methoxy groups -OCH3 is 1. The van der Waals surface area contributed by atoms with Crippen LogP contribution in [0.4, 0.5) is 11.4 Å². The van der Waals surface area contributed by atoms with Gasteiger partial charge in [-0.05, 0) is 70.9 Å². The van der Waals surface area contributed by atoms with Crippen molar-refractivity contribution >= 4 is 27.3 Å². The Hall–Kier alpha value is -4.25. The molecule has 1 aliphatic heterocycles. The zero-order valence-corrected chi connectivity index (χ0v) is 18.9. The molecule has 0 radical (unpaired) electrons. The van der Waals surface area contributed by atoms with Gasteiger partial charge in [0.05, 0.1) is 28.9 Å². The number of sulfonamides is 1. The lowest BCUT2D eigenvalue weighted by atomic mass is 10.1. The highest BCUT2D eigenvalue weighted by Crippen LogP contribution is 2.34. The third-order valence-corrected chi connectivity index (χ3v) is 7.40. The van der Waals surface area contributed by atoms with Gasteiger partial charge in [-0.2, -0.15) is 0 Å². The molecule has 1 N–H and O–H groups in total. The lowest BCUT2D eigenvalue weighted by Gasteiger charge is -2.20. The SMILES string of the molecule is COc1ccc(S(=O)(=O)N2CCc3ccccc32)cc1C(=O)Nc1ccc(-n2cnnn2)cc1. The highest BCUT2D eigenvalue weighted by Gasteiger charge is 2.31. The van der Waals surface area contributed by atoms with Gasteiger partial charge in [-0.1, -0.05) is 18.2 Å². The fraction of sp³-hybridized carbons (Fsp3) is 0.130. The maximum atomic E-state index is 13.4. The van der Waals surface area contributed by atoms with Crippen LogP contribution in [0.1, 0.15) is 15.9 Å². The van der Waals surface area contributed by atoms with Crippen molar-refractivity contribution in [1.82, 2.24) is 20.2 Å². The first kappa shape index (κ1) is 21.6. The summed E-state index contributed by atoms with van der Waals surface area (Å²) >= 11 is 0. The van der Waals surface area contributed by atoms with E-state index in [0.717, 1.165) is 11.3 Å². The molecule has 0 atom stereocenters. The lowest BCUT2D eigenvalue weighted by Crippen LogP contribution is -2.29. The number of aromatic nitrogens is 4. The van der Waals surface area contributed by atoms with E-state index in [2.05, 4.69) is 20.8 Å².